The molecule has 118 valence electrons. The Kier molecular flexibility index (Phi) is 6.06. The van der Waals surface area contributed by atoms with Gasteiger partial charge in [-0.05, 0) is 37.0 Å². The molecule has 1 heterocycles. The molecule has 1 aliphatic rings. The maximum absolute atomic E-state index is 10.8. The minimum Gasteiger partial charge on any atom is -0.390 e. The third kappa shape index (κ3) is 4.43. The second kappa shape index (κ2) is 7.59. The molecule has 0 radical (unpaired) electrons. The van der Waals surface area contributed by atoms with Crippen LogP contribution in [0.15, 0.2) is 24.3 Å². The molecule has 21 heavy (non-hydrogen) atoms. The fourth-order valence-corrected chi connectivity index (χ4v) is 3.26. The van der Waals surface area contributed by atoms with Gasteiger partial charge in [0.05, 0.1) is 5.60 Å². The summed E-state index contributed by atoms with van der Waals surface area (Å²) in [5.74, 6) is 0. The van der Waals surface area contributed by atoms with E-state index >= 15 is 0 Å². The summed E-state index contributed by atoms with van der Waals surface area (Å²) in [5, 5.41) is 14.9. The van der Waals surface area contributed by atoms with Crippen LogP contribution in [0.2, 0.25) is 5.02 Å². The number of piperazine rings is 1. The second-order valence-corrected chi connectivity index (χ2v) is 6.43. The largest absolute Gasteiger partial charge is 0.390 e. The van der Waals surface area contributed by atoms with Gasteiger partial charge in [0, 0.05) is 37.2 Å². The monoisotopic (exact) mass is 310 g/mol. The van der Waals surface area contributed by atoms with E-state index in [1.54, 1.807) is 0 Å². The minimum absolute atomic E-state index is 0.232. The predicted molar refractivity (Wildman–Crippen MR) is 88.8 cm³/mol. The SMILES string of the molecule is CCC(O)(CC)CC(c1cccc(Cl)c1)N1CCNCC1. The van der Waals surface area contributed by atoms with E-state index in [1.807, 2.05) is 18.2 Å². The first kappa shape index (κ1) is 16.8. The molecule has 1 aromatic rings. The standard InChI is InChI=1S/C17H27ClN2O/c1-3-17(21,4-2)13-16(20-10-8-19-9-11-20)14-6-5-7-15(18)12-14/h5-7,12,16,19,21H,3-4,8-11,13H2,1-2H3. The molecule has 0 aliphatic carbocycles. The number of nitrogens with zero attached hydrogens (tertiary/aromatic N) is 1. The third-order valence-corrected chi connectivity index (χ3v) is 4.95. The van der Waals surface area contributed by atoms with E-state index < -0.39 is 5.60 Å². The summed E-state index contributed by atoms with van der Waals surface area (Å²) in [6.07, 6.45) is 2.33. The van der Waals surface area contributed by atoms with Crippen LogP contribution in [0.1, 0.15) is 44.7 Å². The highest BCUT2D eigenvalue weighted by Gasteiger charge is 2.31. The first-order chi connectivity index (χ1) is 10.1. The van der Waals surface area contributed by atoms with Gasteiger partial charge in [-0.3, -0.25) is 4.90 Å². The average Bonchev–Trinajstić information content (AvgIpc) is 2.53. The summed E-state index contributed by atoms with van der Waals surface area (Å²) in [5.41, 5.74) is 0.613. The second-order valence-electron chi connectivity index (χ2n) is 5.99. The van der Waals surface area contributed by atoms with Crippen LogP contribution in [0.3, 0.4) is 0 Å². The van der Waals surface area contributed by atoms with Gasteiger partial charge in [0.2, 0.25) is 0 Å². The fraction of sp³-hybridized carbons (Fsp3) is 0.647. The summed E-state index contributed by atoms with van der Waals surface area (Å²) in [4.78, 5) is 2.47. The third-order valence-electron chi connectivity index (χ3n) is 4.72. The van der Waals surface area contributed by atoms with Gasteiger partial charge in [0.25, 0.3) is 0 Å². The Bertz CT molecular complexity index is 442. The minimum atomic E-state index is -0.599. The Morgan fingerprint density at radius 3 is 2.52 bits per heavy atom. The Balaban J connectivity index is 2.25. The van der Waals surface area contributed by atoms with Crippen molar-refractivity contribution in [1.82, 2.24) is 10.2 Å². The normalized spacial score (nSPS) is 18.7. The van der Waals surface area contributed by atoms with Crippen LogP contribution in [0.5, 0.6) is 0 Å². The van der Waals surface area contributed by atoms with E-state index in [0.717, 1.165) is 50.5 Å². The van der Waals surface area contributed by atoms with E-state index in [-0.39, 0.29) is 6.04 Å². The molecule has 1 fully saturated rings. The molecular weight excluding hydrogens is 284 g/mol. The lowest BCUT2D eigenvalue weighted by molar-refractivity contribution is -0.00766. The number of hydrogen-bond acceptors (Lipinski definition) is 3. The van der Waals surface area contributed by atoms with Crippen molar-refractivity contribution in [2.75, 3.05) is 26.2 Å². The summed E-state index contributed by atoms with van der Waals surface area (Å²) in [7, 11) is 0. The number of halogens is 1. The van der Waals surface area contributed by atoms with Crippen molar-refractivity contribution >= 4 is 11.6 Å². The molecule has 1 aromatic carbocycles. The van der Waals surface area contributed by atoms with E-state index in [1.165, 1.54) is 5.56 Å². The molecule has 0 amide bonds. The molecule has 1 atom stereocenters. The lowest BCUT2D eigenvalue weighted by Crippen LogP contribution is -2.47. The van der Waals surface area contributed by atoms with Gasteiger partial charge in [-0.2, -0.15) is 0 Å². The van der Waals surface area contributed by atoms with Crippen molar-refractivity contribution in [2.24, 2.45) is 0 Å². The van der Waals surface area contributed by atoms with Gasteiger partial charge in [-0.1, -0.05) is 37.6 Å². The number of rotatable bonds is 6. The van der Waals surface area contributed by atoms with Crippen LogP contribution in [0.4, 0.5) is 0 Å². The molecule has 3 nitrogen and oxygen atoms in total. The number of hydrogen-bond donors (Lipinski definition) is 2. The maximum atomic E-state index is 10.8. The molecule has 0 bridgehead atoms. The predicted octanol–water partition coefficient (Wildman–Crippen LogP) is 3.23. The highest BCUT2D eigenvalue weighted by atomic mass is 35.5. The van der Waals surface area contributed by atoms with Gasteiger partial charge >= 0.3 is 0 Å². The quantitative estimate of drug-likeness (QED) is 0.847. The first-order valence-corrected chi connectivity index (χ1v) is 8.38. The van der Waals surface area contributed by atoms with Gasteiger partial charge in [-0.25, -0.2) is 0 Å². The highest BCUT2D eigenvalue weighted by Crippen LogP contribution is 2.34. The number of nitrogens with one attached hydrogen (secondary N) is 1. The highest BCUT2D eigenvalue weighted by molar-refractivity contribution is 6.30. The van der Waals surface area contributed by atoms with Gasteiger partial charge < -0.3 is 10.4 Å². The molecule has 2 N–H and O–H groups in total. The Labute approximate surface area is 133 Å². The van der Waals surface area contributed by atoms with E-state index in [0.29, 0.717) is 0 Å². The molecule has 0 aromatic heterocycles. The van der Waals surface area contributed by atoms with Crippen LogP contribution < -0.4 is 5.32 Å². The smallest absolute Gasteiger partial charge is 0.0660 e. The van der Waals surface area contributed by atoms with Crippen LogP contribution in [-0.4, -0.2) is 41.8 Å². The lowest BCUT2D eigenvalue weighted by atomic mass is 9.86. The molecule has 1 saturated heterocycles. The molecule has 0 spiro atoms. The van der Waals surface area contributed by atoms with E-state index in [9.17, 15) is 5.11 Å². The average molecular weight is 311 g/mol. The summed E-state index contributed by atoms with van der Waals surface area (Å²) in [6.45, 7) is 8.18. The summed E-state index contributed by atoms with van der Waals surface area (Å²) in [6, 6.07) is 8.32. The topological polar surface area (TPSA) is 35.5 Å². The van der Waals surface area contributed by atoms with Crippen molar-refractivity contribution in [3.63, 3.8) is 0 Å². The summed E-state index contributed by atoms with van der Waals surface area (Å²) < 4.78 is 0. The van der Waals surface area contributed by atoms with E-state index in [4.69, 9.17) is 11.6 Å². The Morgan fingerprint density at radius 1 is 1.29 bits per heavy atom. The van der Waals surface area contributed by atoms with Crippen LogP contribution >= 0.6 is 11.6 Å². The molecule has 1 unspecified atom stereocenters. The van der Waals surface area contributed by atoms with Gasteiger partial charge in [0.15, 0.2) is 0 Å². The fourth-order valence-electron chi connectivity index (χ4n) is 3.06. The molecule has 2 rings (SSSR count). The molecular formula is C17H27ClN2O. The van der Waals surface area contributed by atoms with Crippen LogP contribution in [0.25, 0.3) is 0 Å². The summed E-state index contributed by atoms with van der Waals surface area (Å²) >= 11 is 6.17. The van der Waals surface area contributed by atoms with Crippen molar-refractivity contribution in [3.05, 3.63) is 34.9 Å². The van der Waals surface area contributed by atoms with Crippen molar-refractivity contribution in [1.29, 1.82) is 0 Å². The van der Waals surface area contributed by atoms with Crippen molar-refractivity contribution in [2.45, 2.75) is 44.8 Å². The Hall–Kier alpha value is -0.610. The zero-order chi connectivity index (χ0) is 15.3. The van der Waals surface area contributed by atoms with E-state index in [2.05, 4.69) is 30.1 Å². The van der Waals surface area contributed by atoms with Gasteiger partial charge in [-0.15, -0.1) is 0 Å². The molecule has 1 aliphatic heterocycles. The van der Waals surface area contributed by atoms with Crippen molar-refractivity contribution < 1.29 is 5.11 Å². The Morgan fingerprint density at radius 2 is 1.95 bits per heavy atom. The first-order valence-electron chi connectivity index (χ1n) is 8.00. The zero-order valence-electron chi connectivity index (χ0n) is 13.1. The van der Waals surface area contributed by atoms with Crippen LogP contribution in [-0.2, 0) is 0 Å². The van der Waals surface area contributed by atoms with Crippen molar-refractivity contribution in [3.8, 4) is 0 Å². The lowest BCUT2D eigenvalue weighted by Gasteiger charge is -2.39. The number of aliphatic hydroxyl groups is 1. The molecule has 4 heteroatoms. The van der Waals surface area contributed by atoms with Gasteiger partial charge in [0.1, 0.15) is 0 Å². The zero-order valence-corrected chi connectivity index (χ0v) is 13.9. The number of benzene rings is 1. The maximum Gasteiger partial charge on any atom is 0.0660 e. The molecule has 0 saturated carbocycles. The van der Waals surface area contributed by atoms with Crippen LogP contribution in [0, 0.1) is 0 Å².